The minimum absolute atomic E-state index is 0.00193. The van der Waals surface area contributed by atoms with Crippen LogP contribution in [0.2, 0.25) is 0 Å². The minimum atomic E-state index is -0.424. The largest absolute Gasteiger partial charge is 0.490 e. The predicted octanol–water partition coefficient (Wildman–Crippen LogP) is 1.79. The van der Waals surface area contributed by atoms with Gasteiger partial charge in [0.1, 0.15) is 0 Å². The molecule has 1 aromatic rings. The Hall–Kier alpha value is -1.82. The molecule has 19 heavy (non-hydrogen) atoms. The molecule has 1 aromatic carbocycles. The summed E-state index contributed by atoms with van der Waals surface area (Å²) >= 11 is 0. The number of hydrogen-bond acceptors (Lipinski definition) is 5. The molecule has 0 saturated carbocycles. The lowest BCUT2D eigenvalue weighted by atomic mass is 10.1. The van der Waals surface area contributed by atoms with Gasteiger partial charge < -0.3 is 15.0 Å². The standard InChI is InChI=1S/C13H19N3O3/c1-9-8-15(10(2)7-14-9)11-4-5-12(16(17)18)13(6-11)19-3/h4-6,9-10,14H,7-8H2,1-3H3/t9-,10+/m1/s1. The third kappa shape index (κ3) is 2.78. The molecule has 2 rings (SSSR count). The molecule has 1 saturated heterocycles. The minimum Gasteiger partial charge on any atom is -0.490 e. The predicted molar refractivity (Wildman–Crippen MR) is 73.9 cm³/mol. The molecule has 1 fully saturated rings. The van der Waals surface area contributed by atoms with Crippen molar-refractivity contribution in [2.75, 3.05) is 25.1 Å². The molecule has 1 aliphatic heterocycles. The topological polar surface area (TPSA) is 67.6 Å². The molecule has 6 nitrogen and oxygen atoms in total. The molecule has 0 unspecified atom stereocenters. The van der Waals surface area contributed by atoms with Crippen LogP contribution in [0.4, 0.5) is 11.4 Å². The average Bonchev–Trinajstić information content (AvgIpc) is 2.40. The van der Waals surface area contributed by atoms with Crippen LogP contribution in [-0.4, -0.2) is 37.2 Å². The molecule has 0 amide bonds. The third-order valence-electron chi connectivity index (χ3n) is 3.46. The monoisotopic (exact) mass is 265 g/mol. The molecule has 0 bridgehead atoms. The lowest BCUT2D eigenvalue weighted by Crippen LogP contribution is -2.54. The first-order valence-electron chi connectivity index (χ1n) is 6.35. The van der Waals surface area contributed by atoms with E-state index in [2.05, 4.69) is 24.1 Å². The summed E-state index contributed by atoms with van der Waals surface area (Å²) in [5.41, 5.74) is 0.963. The van der Waals surface area contributed by atoms with E-state index >= 15 is 0 Å². The molecule has 0 aliphatic carbocycles. The van der Waals surface area contributed by atoms with E-state index in [9.17, 15) is 10.1 Å². The van der Waals surface area contributed by atoms with Gasteiger partial charge in [-0.25, -0.2) is 0 Å². The van der Waals surface area contributed by atoms with E-state index in [1.165, 1.54) is 13.2 Å². The van der Waals surface area contributed by atoms with Gasteiger partial charge in [0.05, 0.1) is 12.0 Å². The highest BCUT2D eigenvalue weighted by atomic mass is 16.6. The van der Waals surface area contributed by atoms with Gasteiger partial charge in [-0.2, -0.15) is 0 Å². The highest BCUT2D eigenvalue weighted by Gasteiger charge is 2.24. The average molecular weight is 265 g/mol. The van der Waals surface area contributed by atoms with Crippen LogP contribution in [0.15, 0.2) is 18.2 Å². The Balaban J connectivity index is 2.32. The van der Waals surface area contributed by atoms with Gasteiger partial charge in [-0.3, -0.25) is 10.1 Å². The van der Waals surface area contributed by atoms with Crippen LogP contribution in [0.1, 0.15) is 13.8 Å². The summed E-state index contributed by atoms with van der Waals surface area (Å²) in [6.07, 6.45) is 0. The van der Waals surface area contributed by atoms with Crippen LogP contribution in [0.25, 0.3) is 0 Å². The van der Waals surface area contributed by atoms with Gasteiger partial charge in [0.2, 0.25) is 0 Å². The number of nitro groups is 1. The van der Waals surface area contributed by atoms with Crippen molar-refractivity contribution in [2.24, 2.45) is 0 Å². The van der Waals surface area contributed by atoms with E-state index in [4.69, 9.17) is 4.74 Å². The first kappa shape index (κ1) is 13.6. The number of anilines is 1. The van der Waals surface area contributed by atoms with Crippen molar-refractivity contribution < 1.29 is 9.66 Å². The van der Waals surface area contributed by atoms with Crippen LogP contribution in [0.5, 0.6) is 5.75 Å². The van der Waals surface area contributed by atoms with Crippen LogP contribution in [0, 0.1) is 10.1 Å². The second-order valence-electron chi connectivity index (χ2n) is 4.92. The number of piperazine rings is 1. The molecule has 0 radical (unpaired) electrons. The summed E-state index contributed by atoms with van der Waals surface area (Å²) in [6.45, 7) is 6.04. The van der Waals surface area contributed by atoms with Crippen LogP contribution in [0.3, 0.4) is 0 Å². The number of benzene rings is 1. The molecular formula is C13H19N3O3. The quantitative estimate of drug-likeness (QED) is 0.666. The summed E-state index contributed by atoms with van der Waals surface area (Å²) in [7, 11) is 1.45. The number of rotatable bonds is 3. The number of ether oxygens (including phenoxy) is 1. The molecule has 0 spiro atoms. The summed E-state index contributed by atoms with van der Waals surface area (Å²) < 4.78 is 5.12. The first-order chi connectivity index (χ1) is 9.02. The Kier molecular flexibility index (Phi) is 3.90. The molecule has 0 aromatic heterocycles. The van der Waals surface area contributed by atoms with Crippen molar-refractivity contribution in [2.45, 2.75) is 25.9 Å². The normalized spacial score (nSPS) is 23.2. The lowest BCUT2D eigenvalue weighted by molar-refractivity contribution is -0.385. The smallest absolute Gasteiger partial charge is 0.311 e. The van der Waals surface area contributed by atoms with E-state index in [-0.39, 0.29) is 5.69 Å². The fourth-order valence-corrected chi connectivity index (χ4v) is 2.38. The van der Waals surface area contributed by atoms with Crippen molar-refractivity contribution >= 4 is 11.4 Å². The van der Waals surface area contributed by atoms with Crippen molar-refractivity contribution in [1.29, 1.82) is 0 Å². The van der Waals surface area contributed by atoms with Crippen LogP contribution in [-0.2, 0) is 0 Å². The number of nitrogens with one attached hydrogen (secondary N) is 1. The van der Waals surface area contributed by atoms with E-state index in [0.717, 1.165) is 18.8 Å². The first-order valence-corrected chi connectivity index (χ1v) is 6.35. The van der Waals surface area contributed by atoms with E-state index in [1.807, 2.05) is 0 Å². The molecule has 6 heteroatoms. The van der Waals surface area contributed by atoms with Crippen molar-refractivity contribution in [1.82, 2.24) is 5.32 Å². The highest BCUT2D eigenvalue weighted by molar-refractivity contribution is 5.60. The van der Waals surface area contributed by atoms with Crippen molar-refractivity contribution in [3.05, 3.63) is 28.3 Å². The number of methoxy groups -OCH3 is 1. The van der Waals surface area contributed by atoms with E-state index in [1.54, 1.807) is 12.1 Å². The molecule has 104 valence electrons. The second kappa shape index (κ2) is 5.44. The maximum Gasteiger partial charge on any atom is 0.311 e. The summed E-state index contributed by atoms with van der Waals surface area (Å²) in [6, 6.07) is 5.79. The number of nitro benzene ring substituents is 1. The van der Waals surface area contributed by atoms with Crippen molar-refractivity contribution in [3.63, 3.8) is 0 Å². The SMILES string of the molecule is COc1cc(N2C[C@@H](C)NC[C@@H]2C)ccc1[N+](=O)[O-]. The van der Waals surface area contributed by atoms with Gasteiger partial charge in [0.15, 0.2) is 5.75 Å². The zero-order valence-corrected chi connectivity index (χ0v) is 11.4. The van der Waals surface area contributed by atoms with Crippen LogP contribution >= 0.6 is 0 Å². The lowest BCUT2D eigenvalue weighted by Gasteiger charge is -2.39. The van der Waals surface area contributed by atoms with Gasteiger partial charge in [-0.15, -0.1) is 0 Å². The highest BCUT2D eigenvalue weighted by Crippen LogP contribution is 2.32. The van der Waals surface area contributed by atoms with Gasteiger partial charge in [-0.05, 0) is 19.9 Å². The number of nitrogens with zero attached hydrogens (tertiary/aromatic N) is 2. The van der Waals surface area contributed by atoms with E-state index in [0.29, 0.717) is 17.8 Å². The third-order valence-corrected chi connectivity index (χ3v) is 3.46. The molecular weight excluding hydrogens is 246 g/mol. The Morgan fingerprint density at radius 1 is 1.47 bits per heavy atom. The van der Waals surface area contributed by atoms with Gasteiger partial charge in [-0.1, -0.05) is 0 Å². The summed E-state index contributed by atoms with van der Waals surface area (Å²) in [5.74, 6) is 0.306. The second-order valence-corrected chi connectivity index (χ2v) is 4.92. The molecule has 1 heterocycles. The maximum absolute atomic E-state index is 10.9. The molecule has 1 aliphatic rings. The molecule has 1 N–H and O–H groups in total. The van der Waals surface area contributed by atoms with Gasteiger partial charge >= 0.3 is 5.69 Å². The zero-order valence-electron chi connectivity index (χ0n) is 11.4. The Morgan fingerprint density at radius 3 is 2.84 bits per heavy atom. The van der Waals surface area contributed by atoms with Gasteiger partial charge in [0.25, 0.3) is 0 Å². The Bertz CT molecular complexity index is 478. The fraction of sp³-hybridized carbons (Fsp3) is 0.538. The maximum atomic E-state index is 10.9. The zero-order chi connectivity index (χ0) is 14.0. The summed E-state index contributed by atoms with van der Waals surface area (Å²) in [4.78, 5) is 12.7. The van der Waals surface area contributed by atoms with E-state index < -0.39 is 4.92 Å². The molecule has 2 atom stereocenters. The van der Waals surface area contributed by atoms with Crippen molar-refractivity contribution in [3.8, 4) is 5.75 Å². The Labute approximate surface area is 112 Å². The Morgan fingerprint density at radius 2 is 2.21 bits per heavy atom. The van der Waals surface area contributed by atoms with Crippen LogP contribution < -0.4 is 15.0 Å². The summed E-state index contributed by atoms with van der Waals surface area (Å²) in [5, 5.41) is 14.3. The number of hydrogen-bond donors (Lipinski definition) is 1. The van der Waals surface area contributed by atoms with Gasteiger partial charge in [0, 0.05) is 43.0 Å². The fourth-order valence-electron chi connectivity index (χ4n) is 2.38.